The topological polar surface area (TPSA) is 58.9 Å². The minimum absolute atomic E-state index is 0.197. The van der Waals surface area contributed by atoms with Crippen molar-refractivity contribution in [1.29, 1.82) is 0 Å². The van der Waals surface area contributed by atoms with Gasteiger partial charge in [0.1, 0.15) is 12.2 Å². The van der Waals surface area contributed by atoms with Crippen molar-refractivity contribution >= 4 is 18.5 Å². The first-order valence-electron chi connectivity index (χ1n) is 10.0. The Labute approximate surface area is 180 Å². The first-order valence-corrected chi connectivity index (χ1v) is 11.6. The molecule has 3 aromatic carbocycles. The Hall–Kier alpha value is -2.53. The largest absolute Gasteiger partial charge is 0.504 e. The fourth-order valence-electron chi connectivity index (χ4n) is 3.66. The second kappa shape index (κ2) is 9.73. The quantitative estimate of drug-likeness (QED) is 0.570. The third kappa shape index (κ3) is 5.04. The number of aliphatic hydroxyl groups excluding tert-OH is 1. The molecule has 0 spiro atoms. The van der Waals surface area contributed by atoms with Crippen molar-refractivity contribution in [2.45, 2.75) is 24.7 Å². The third-order valence-electron chi connectivity index (χ3n) is 5.27. The molecule has 0 radical (unpaired) electrons. The molecule has 0 amide bonds. The molecule has 0 aromatic heterocycles. The molecule has 7 heteroatoms. The minimum Gasteiger partial charge on any atom is -0.504 e. The third-order valence-corrected chi connectivity index (χ3v) is 7.84. The van der Waals surface area contributed by atoms with E-state index in [0.717, 1.165) is 6.07 Å². The van der Waals surface area contributed by atoms with Crippen LogP contribution in [0.25, 0.3) is 0 Å². The Balaban J connectivity index is 1.54. The zero-order valence-electron chi connectivity index (χ0n) is 16.7. The molecule has 0 bridgehead atoms. The number of hydrogen-bond acceptors (Lipinski definition) is 4. The normalized spacial score (nSPS) is 21.2. The second-order valence-corrected chi connectivity index (χ2v) is 9.61. The van der Waals surface area contributed by atoms with E-state index in [1.54, 1.807) is 0 Å². The number of phenolic OH excluding ortho intramolecular Hbond substituents is 1. The first kappa shape index (κ1) is 21.7. The maximum atomic E-state index is 13.6. The van der Waals surface area contributed by atoms with Gasteiger partial charge in [0.2, 0.25) is 0 Å². The number of hydrogen-bond donors (Lipinski definition) is 2. The van der Waals surface area contributed by atoms with Gasteiger partial charge in [-0.25, -0.2) is 8.78 Å². The van der Waals surface area contributed by atoms with Gasteiger partial charge in [-0.15, -0.1) is 0 Å². The molecular formula is C24H23F2O4P. The molecule has 4 rings (SSSR count). The predicted molar refractivity (Wildman–Crippen MR) is 117 cm³/mol. The van der Waals surface area contributed by atoms with Crippen LogP contribution >= 0.6 is 7.92 Å². The van der Waals surface area contributed by atoms with E-state index < -0.39 is 43.6 Å². The minimum atomic E-state index is -1.16. The summed E-state index contributed by atoms with van der Waals surface area (Å²) in [6.45, 7) is 0.351. The van der Waals surface area contributed by atoms with Crippen LogP contribution in [0.5, 0.6) is 11.5 Å². The van der Waals surface area contributed by atoms with Gasteiger partial charge in [-0.3, -0.25) is 0 Å². The average Bonchev–Trinajstić information content (AvgIpc) is 2.79. The van der Waals surface area contributed by atoms with Crippen LogP contribution in [0.15, 0.2) is 72.8 Å². The highest BCUT2D eigenvalue weighted by molar-refractivity contribution is 7.73. The molecular weight excluding hydrogens is 421 g/mol. The van der Waals surface area contributed by atoms with E-state index in [2.05, 4.69) is 24.3 Å². The molecule has 1 heterocycles. The van der Waals surface area contributed by atoms with Gasteiger partial charge in [-0.2, -0.15) is 0 Å². The lowest BCUT2D eigenvalue weighted by molar-refractivity contribution is -0.117. The second-order valence-electron chi connectivity index (χ2n) is 7.36. The highest BCUT2D eigenvalue weighted by Gasteiger charge is 2.36. The van der Waals surface area contributed by atoms with Crippen molar-refractivity contribution in [2.24, 2.45) is 0 Å². The molecule has 1 aliphatic rings. The van der Waals surface area contributed by atoms with Gasteiger partial charge in [0.05, 0.1) is 12.7 Å². The van der Waals surface area contributed by atoms with Crippen molar-refractivity contribution in [3.05, 3.63) is 84.4 Å². The maximum absolute atomic E-state index is 13.6. The molecule has 2 N–H and O–H groups in total. The van der Waals surface area contributed by atoms with Crippen LogP contribution in [-0.4, -0.2) is 41.3 Å². The summed E-state index contributed by atoms with van der Waals surface area (Å²) in [5.74, 6) is -2.99. The predicted octanol–water partition coefficient (Wildman–Crippen LogP) is 3.70. The van der Waals surface area contributed by atoms with Gasteiger partial charge in [0.15, 0.2) is 23.1 Å². The summed E-state index contributed by atoms with van der Waals surface area (Å²) < 4.78 is 38.4. The molecule has 0 unspecified atom stereocenters. The molecule has 0 saturated carbocycles. The standard InChI is InChI=1S/C24H23F2O4P/c25-18-13-20(27)22(14-19(18)26)30-21-11-12-29-23(24(21)28)15-31(16-7-3-1-4-8-16)17-9-5-2-6-10-17/h1-10,13-14,21,23-24,27-28H,11-12,15H2/t21-,23-,24+/m1/s1. The molecule has 1 aliphatic heterocycles. The molecule has 0 aliphatic carbocycles. The van der Waals surface area contributed by atoms with Crippen molar-refractivity contribution in [1.82, 2.24) is 0 Å². The van der Waals surface area contributed by atoms with Crippen LogP contribution in [0.2, 0.25) is 0 Å². The number of ether oxygens (including phenoxy) is 2. The molecule has 31 heavy (non-hydrogen) atoms. The average molecular weight is 444 g/mol. The van der Waals surface area contributed by atoms with Gasteiger partial charge in [0, 0.05) is 24.7 Å². The van der Waals surface area contributed by atoms with Crippen LogP contribution in [0.4, 0.5) is 8.78 Å². The first-order chi connectivity index (χ1) is 15.0. The van der Waals surface area contributed by atoms with Gasteiger partial charge in [0.25, 0.3) is 0 Å². The number of aromatic hydroxyl groups is 1. The van der Waals surface area contributed by atoms with Crippen LogP contribution in [0.1, 0.15) is 6.42 Å². The van der Waals surface area contributed by atoms with Crippen LogP contribution < -0.4 is 15.3 Å². The Kier molecular flexibility index (Phi) is 6.81. The van der Waals surface area contributed by atoms with Crippen molar-refractivity contribution in [3.63, 3.8) is 0 Å². The van der Waals surface area contributed by atoms with E-state index in [4.69, 9.17) is 9.47 Å². The number of aliphatic hydroxyl groups is 1. The number of phenols is 1. The summed E-state index contributed by atoms with van der Waals surface area (Å²) >= 11 is 0. The SMILES string of the molecule is Oc1cc(F)c(F)cc1O[C@@H]1CCO[C@H](CP(c2ccccc2)c2ccccc2)[C@H]1O. The number of rotatable bonds is 6. The van der Waals surface area contributed by atoms with Crippen molar-refractivity contribution in [2.75, 3.05) is 12.8 Å². The molecule has 1 fully saturated rings. The molecule has 3 atom stereocenters. The lowest BCUT2D eigenvalue weighted by Crippen LogP contribution is -2.49. The summed E-state index contributed by atoms with van der Waals surface area (Å²) in [4.78, 5) is 0. The van der Waals surface area contributed by atoms with E-state index in [1.165, 1.54) is 10.6 Å². The zero-order valence-corrected chi connectivity index (χ0v) is 17.6. The summed E-state index contributed by atoms with van der Waals surface area (Å²) in [6.07, 6.45) is -1.26. The van der Waals surface area contributed by atoms with E-state index in [1.807, 2.05) is 36.4 Å². The molecule has 4 nitrogen and oxygen atoms in total. The highest BCUT2D eigenvalue weighted by Crippen LogP contribution is 2.38. The van der Waals surface area contributed by atoms with Crippen molar-refractivity contribution in [3.8, 4) is 11.5 Å². The van der Waals surface area contributed by atoms with E-state index in [9.17, 15) is 19.0 Å². The Morgan fingerprint density at radius 2 is 1.52 bits per heavy atom. The summed E-state index contributed by atoms with van der Waals surface area (Å²) in [7, 11) is -0.794. The summed E-state index contributed by atoms with van der Waals surface area (Å²) in [5, 5.41) is 23.2. The maximum Gasteiger partial charge on any atom is 0.164 e. The van der Waals surface area contributed by atoms with Gasteiger partial charge in [-0.1, -0.05) is 60.7 Å². The molecule has 3 aromatic rings. The van der Waals surface area contributed by atoms with Gasteiger partial charge >= 0.3 is 0 Å². The van der Waals surface area contributed by atoms with Crippen LogP contribution in [0, 0.1) is 11.6 Å². The zero-order chi connectivity index (χ0) is 21.8. The van der Waals surface area contributed by atoms with E-state index in [-0.39, 0.29) is 5.75 Å². The Morgan fingerprint density at radius 1 is 0.935 bits per heavy atom. The number of benzene rings is 3. The van der Waals surface area contributed by atoms with E-state index in [0.29, 0.717) is 25.3 Å². The fraction of sp³-hybridized carbons (Fsp3) is 0.250. The smallest absolute Gasteiger partial charge is 0.164 e. The van der Waals surface area contributed by atoms with Crippen LogP contribution in [-0.2, 0) is 4.74 Å². The van der Waals surface area contributed by atoms with Gasteiger partial charge < -0.3 is 19.7 Å². The lowest BCUT2D eigenvalue weighted by atomic mass is 10.0. The molecule has 1 saturated heterocycles. The lowest BCUT2D eigenvalue weighted by Gasteiger charge is -2.37. The van der Waals surface area contributed by atoms with Gasteiger partial charge in [-0.05, 0) is 18.5 Å². The fourth-order valence-corrected chi connectivity index (χ4v) is 6.13. The molecule has 162 valence electrons. The van der Waals surface area contributed by atoms with E-state index >= 15 is 0 Å². The Bertz CT molecular complexity index is 964. The summed E-state index contributed by atoms with van der Waals surface area (Å²) in [6, 6.07) is 21.6. The monoisotopic (exact) mass is 444 g/mol. The highest BCUT2D eigenvalue weighted by atomic mass is 31.1. The number of halogens is 2. The summed E-state index contributed by atoms with van der Waals surface area (Å²) in [5.41, 5.74) is 0. The van der Waals surface area contributed by atoms with Crippen molar-refractivity contribution < 1.29 is 28.5 Å². The van der Waals surface area contributed by atoms with Crippen LogP contribution in [0.3, 0.4) is 0 Å². The Morgan fingerprint density at radius 3 is 2.13 bits per heavy atom.